The number of nitrogens with one attached hydrogen (secondary N) is 2. The van der Waals surface area contributed by atoms with Gasteiger partial charge in [-0.15, -0.1) is 0 Å². The maximum absolute atomic E-state index is 11.2. The van der Waals surface area contributed by atoms with E-state index in [0.717, 1.165) is 5.56 Å². The number of hydrogen-bond acceptors (Lipinski definition) is 2. The molecule has 5 heteroatoms. The topological polar surface area (TPSA) is 41.1 Å². The van der Waals surface area contributed by atoms with Gasteiger partial charge in [0.2, 0.25) is 5.91 Å². The summed E-state index contributed by atoms with van der Waals surface area (Å²) in [6.45, 7) is 2.33. The van der Waals surface area contributed by atoms with Crippen molar-refractivity contribution in [1.29, 1.82) is 0 Å². The van der Waals surface area contributed by atoms with E-state index in [1.807, 2.05) is 6.07 Å². The zero-order chi connectivity index (χ0) is 12.1. The Morgan fingerprint density at radius 1 is 1.44 bits per heavy atom. The lowest BCUT2D eigenvalue weighted by atomic mass is 10.2. The minimum Gasteiger partial charge on any atom is -0.358 e. The van der Waals surface area contributed by atoms with Crippen LogP contribution in [0.2, 0.25) is 10.0 Å². The third-order valence-electron chi connectivity index (χ3n) is 2.25. The summed E-state index contributed by atoms with van der Waals surface area (Å²) in [5.74, 6) is -0.0508. The monoisotopic (exact) mass is 260 g/mol. The summed E-state index contributed by atoms with van der Waals surface area (Å²) in [5.41, 5.74) is 0.918. The Morgan fingerprint density at radius 3 is 2.69 bits per heavy atom. The van der Waals surface area contributed by atoms with E-state index in [9.17, 15) is 4.79 Å². The molecule has 0 radical (unpaired) electrons. The van der Waals surface area contributed by atoms with Crippen LogP contribution in [-0.4, -0.2) is 19.0 Å². The van der Waals surface area contributed by atoms with Crippen LogP contribution in [0.1, 0.15) is 12.5 Å². The molecule has 0 heterocycles. The van der Waals surface area contributed by atoms with Crippen molar-refractivity contribution in [2.75, 3.05) is 7.05 Å². The Labute approximate surface area is 105 Å². The van der Waals surface area contributed by atoms with Crippen LogP contribution in [0.4, 0.5) is 0 Å². The average molecular weight is 261 g/mol. The molecule has 0 spiro atoms. The van der Waals surface area contributed by atoms with E-state index in [4.69, 9.17) is 23.2 Å². The predicted molar refractivity (Wildman–Crippen MR) is 66.8 cm³/mol. The predicted octanol–water partition coefficient (Wildman–Crippen LogP) is 2.22. The normalized spacial score (nSPS) is 12.2. The molecule has 1 unspecified atom stereocenters. The van der Waals surface area contributed by atoms with Gasteiger partial charge < -0.3 is 10.6 Å². The fourth-order valence-corrected chi connectivity index (χ4v) is 1.71. The Morgan fingerprint density at radius 2 is 2.12 bits per heavy atom. The summed E-state index contributed by atoms with van der Waals surface area (Å²) < 4.78 is 0. The van der Waals surface area contributed by atoms with Gasteiger partial charge in [0, 0.05) is 23.6 Å². The van der Waals surface area contributed by atoms with Gasteiger partial charge in [0.05, 0.1) is 6.04 Å². The fraction of sp³-hybridized carbons (Fsp3) is 0.364. The Hall–Kier alpha value is -0.770. The van der Waals surface area contributed by atoms with Gasteiger partial charge in [0.25, 0.3) is 0 Å². The van der Waals surface area contributed by atoms with Crippen LogP contribution in [0.3, 0.4) is 0 Å². The van der Waals surface area contributed by atoms with E-state index < -0.39 is 0 Å². The van der Waals surface area contributed by atoms with Gasteiger partial charge in [-0.1, -0.05) is 29.3 Å². The fourth-order valence-electron chi connectivity index (χ4n) is 1.24. The van der Waals surface area contributed by atoms with Crippen molar-refractivity contribution in [3.63, 3.8) is 0 Å². The highest BCUT2D eigenvalue weighted by atomic mass is 35.5. The van der Waals surface area contributed by atoms with E-state index in [0.29, 0.717) is 16.6 Å². The van der Waals surface area contributed by atoms with Crippen molar-refractivity contribution < 1.29 is 4.79 Å². The van der Waals surface area contributed by atoms with E-state index in [-0.39, 0.29) is 11.9 Å². The highest BCUT2D eigenvalue weighted by Gasteiger charge is 2.10. The van der Waals surface area contributed by atoms with Crippen LogP contribution in [0.25, 0.3) is 0 Å². The summed E-state index contributed by atoms with van der Waals surface area (Å²) in [6.07, 6.45) is 0. The molecule has 0 saturated heterocycles. The molecule has 2 N–H and O–H groups in total. The molecule has 1 rings (SSSR count). The summed E-state index contributed by atoms with van der Waals surface area (Å²) in [4.78, 5) is 11.2. The Bertz CT molecular complexity index is 382. The molecule has 0 aromatic heterocycles. The summed E-state index contributed by atoms with van der Waals surface area (Å²) in [5, 5.41) is 6.85. The second-order valence-electron chi connectivity index (χ2n) is 3.45. The van der Waals surface area contributed by atoms with Gasteiger partial charge in [0.1, 0.15) is 0 Å². The van der Waals surface area contributed by atoms with Crippen LogP contribution in [0, 0.1) is 0 Å². The van der Waals surface area contributed by atoms with Gasteiger partial charge in [-0.05, 0) is 24.6 Å². The lowest BCUT2D eigenvalue weighted by Crippen LogP contribution is -2.40. The van der Waals surface area contributed by atoms with E-state index in [2.05, 4.69) is 10.6 Å². The molecule has 0 aliphatic rings. The number of benzene rings is 1. The molecule has 1 aromatic rings. The second-order valence-corrected chi connectivity index (χ2v) is 4.30. The van der Waals surface area contributed by atoms with Crippen LogP contribution in [-0.2, 0) is 11.3 Å². The van der Waals surface area contributed by atoms with Crippen LogP contribution in [0.5, 0.6) is 0 Å². The molecule has 0 saturated carbocycles. The van der Waals surface area contributed by atoms with Crippen LogP contribution in [0.15, 0.2) is 18.2 Å². The molecule has 1 amide bonds. The molecule has 0 fully saturated rings. The second kappa shape index (κ2) is 6.09. The lowest BCUT2D eigenvalue weighted by Gasteiger charge is -2.12. The molecule has 16 heavy (non-hydrogen) atoms. The third-order valence-corrected chi connectivity index (χ3v) is 2.84. The highest BCUT2D eigenvalue weighted by molar-refractivity contribution is 6.35. The number of carbonyl (C=O) groups is 1. The quantitative estimate of drug-likeness (QED) is 0.872. The van der Waals surface area contributed by atoms with Crippen molar-refractivity contribution in [2.24, 2.45) is 0 Å². The number of likely N-dealkylation sites (N-methyl/N-ethyl adjacent to an activating group) is 1. The van der Waals surface area contributed by atoms with Gasteiger partial charge in [-0.2, -0.15) is 0 Å². The Kier molecular flexibility index (Phi) is 5.06. The van der Waals surface area contributed by atoms with Crippen molar-refractivity contribution in [3.05, 3.63) is 33.8 Å². The van der Waals surface area contributed by atoms with Crippen molar-refractivity contribution >= 4 is 29.1 Å². The number of amides is 1. The van der Waals surface area contributed by atoms with Crippen molar-refractivity contribution in [3.8, 4) is 0 Å². The first-order valence-electron chi connectivity index (χ1n) is 4.93. The largest absolute Gasteiger partial charge is 0.358 e. The molecule has 1 atom stereocenters. The lowest BCUT2D eigenvalue weighted by molar-refractivity contribution is -0.122. The van der Waals surface area contributed by atoms with Gasteiger partial charge in [-0.25, -0.2) is 0 Å². The van der Waals surface area contributed by atoms with Crippen LogP contribution < -0.4 is 10.6 Å². The van der Waals surface area contributed by atoms with Gasteiger partial charge in [0.15, 0.2) is 0 Å². The molecule has 0 aliphatic carbocycles. The van der Waals surface area contributed by atoms with E-state index in [1.54, 1.807) is 26.1 Å². The summed E-state index contributed by atoms with van der Waals surface area (Å²) in [7, 11) is 1.61. The summed E-state index contributed by atoms with van der Waals surface area (Å²) >= 11 is 11.8. The Balaban J connectivity index is 2.58. The summed E-state index contributed by atoms with van der Waals surface area (Å²) in [6, 6.07) is 5.05. The first kappa shape index (κ1) is 13.3. The minimum absolute atomic E-state index is 0.0508. The van der Waals surface area contributed by atoms with Crippen molar-refractivity contribution in [2.45, 2.75) is 19.5 Å². The third kappa shape index (κ3) is 3.67. The highest BCUT2D eigenvalue weighted by Crippen LogP contribution is 2.20. The minimum atomic E-state index is -0.253. The first-order valence-corrected chi connectivity index (χ1v) is 5.69. The van der Waals surface area contributed by atoms with Gasteiger partial charge >= 0.3 is 0 Å². The number of rotatable bonds is 4. The maximum Gasteiger partial charge on any atom is 0.236 e. The SMILES string of the molecule is CNC(=O)C(C)NCc1ccc(Cl)cc1Cl. The number of halogens is 2. The molecule has 0 aliphatic heterocycles. The number of hydrogen-bond donors (Lipinski definition) is 2. The molecular formula is C11H14Cl2N2O. The van der Waals surface area contributed by atoms with Gasteiger partial charge in [-0.3, -0.25) is 4.79 Å². The van der Waals surface area contributed by atoms with Crippen molar-refractivity contribution in [1.82, 2.24) is 10.6 Å². The van der Waals surface area contributed by atoms with Crippen LogP contribution >= 0.6 is 23.2 Å². The maximum atomic E-state index is 11.2. The standard InChI is InChI=1S/C11H14Cl2N2O/c1-7(11(16)14-2)15-6-8-3-4-9(12)5-10(8)13/h3-5,7,15H,6H2,1-2H3,(H,14,16). The average Bonchev–Trinajstić information content (AvgIpc) is 2.26. The molecule has 3 nitrogen and oxygen atoms in total. The zero-order valence-corrected chi connectivity index (χ0v) is 10.7. The molecule has 0 bridgehead atoms. The zero-order valence-electron chi connectivity index (χ0n) is 9.18. The molecule has 1 aromatic carbocycles. The molecular weight excluding hydrogens is 247 g/mol. The first-order chi connectivity index (χ1) is 7.54. The van der Waals surface area contributed by atoms with E-state index >= 15 is 0 Å². The molecule has 88 valence electrons. The smallest absolute Gasteiger partial charge is 0.236 e. The van der Waals surface area contributed by atoms with E-state index in [1.165, 1.54) is 0 Å². The number of carbonyl (C=O) groups excluding carboxylic acids is 1.